The summed E-state index contributed by atoms with van der Waals surface area (Å²) in [4.78, 5) is 22.6. The van der Waals surface area contributed by atoms with Crippen LogP contribution in [0.4, 0.5) is 0 Å². The van der Waals surface area contributed by atoms with Gasteiger partial charge in [0.15, 0.2) is 0 Å². The molecule has 0 radical (unpaired) electrons. The summed E-state index contributed by atoms with van der Waals surface area (Å²) in [6.07, 6.45) is 0. The molecule has 0 aliphatic rings. The van der Waals surface area contributed by atoms with E-state index in [1.54, 1.807) is 48.5 Å². The van der Waals surface area contributed by atoms with Crippen LogP contribution in [0.2, 0.25) is 0 Å². The highest BCUT2D eigenvalue weighted by molar-refractivity contribution is 5.90. The molecule has 2 aromatic carbocycles. The third-order valence-electron chi connectivity index (χ3n) is 2.61. The molecule has 0 atom stereocenters. The van der Waals surface area contributed by atoms with Crippen LogP contribution < -0.4 is 5.11 Å². The maximum Gasteiger partial charge on any atom is 0.338 e. The molecular weight excluding hydrogens is 244 g/mol. The molecule has 4 heteroatoms. The zero-order chi connectivity index (χ0) is 13.7. The van der Waals surface area contributed by atoms with E-state index in [1.807, 2.05) is 0 Å². The molecule has 2 rings (SSSR count). The highest BCUT2D eigenvalue weighted by Crippen LogP contribution is 2.11. The summed E-state index contributed by atoms with van der Waals surface area (Å²) in [6, 6.07) is 14.8. The molecule has 0 aliphatic heterocycles. The molecule has 0 N–H and O–H groups in total. The fourth-order valence-corrected chi connectivity index (χ4v) is 1.65. The number of carbonyl (C=O) groups excluding carboxylic acids is 2. The van der Waals surface area contributed by atoms with Crippen molar-refractivity contribution < 1.29 is 19.4 Å². The van der Waals surface area contributed by atoms with Gasteiger partial charge in [-0.3, -0.25) is 0 Å². The number of rotatable bonds is 4. The lowest BCUT2D eigenvalue weighted by atomic mass is 10.1. The van der Waals surface area contributed by atoms with Gasteiger partial charge >= 0.3 is 5.97 Å². The smallest absolute Gasteiger partial charge is 0.338 e. The van der Waals surface area contributed by atoms with Crippen LogP contribution in [0.25, 0.3) is 0 Å². The van der Waals surface area contributed by atoms with Crippen LogP contribution >= 0.6 is 0 Å². The van der Waals surface area contributed by atoms with Crippen molar-refractivity contribution in [1.82, 2.24) is 0 Å². The Kier molecular flexibility index (Phi) is 3.93. The van der Waals surface area contributed by atoms with E-state index in [1.165, 1.54) is 6.07 Å². The van der Waals surface area contributed by atoms with Crippen molar-refractivity contribution in [3.8, 4) is 0 Å². The monoisotopic (exact) mass is 255 g/mol. The van der Waals surface area contributed by atoms with Crippen molar-refractivity contribution in [2.45, 2.75) is 6.61 Å². The molecule has 0 bridgehead atoms. The summed E-state index contributed by atoms with van der Waals surface area (Å²) in [5.74, 6) is -1.78. The van der Waals surface area contributed by atoms with Crippen LogP contribution in [-0.4, -0.2) is 11.9 Å². The minimum atomic E-state index is -1.29. The van der Waals surface area contributed by atoms with Crippen LogP contribution in [0, 0.1) is 0 Å². The van der Waals surface area contributed by atoms with Gasteiger partial charge in [-0.05, 0) is 17.7 Å². The van der Waals surface area contributed by atoms with Gasteiger partial charge in [0.05, 0.1) is 11.5 Å². The van der Waals surface area contributed by atoms with E-state index in [9.17, 15) is 14.7 Å². The third-order valence-corrected chi connectivity index (χ3v) is 2.61. The van der Waals surface area contributed by atoms with E-state index in [4.69, 9.17) is 4.74 Å². The Bertz CT molecular complexity index is 590. The number of carbonyl (C=O) groups is 2. The topological polar surface area (TPSA) is 66.4 Å². The fraction of sp³-hybridized carbons (Fsp3) is 0.0667. The molecule has 19 heavy (non-hydrogen) atoms. The van der Waals surface area contributed by atoms with Gasteiger partial charge in [-0.2, -0.15) is 0 Å². The summed E-state index contributed by atoms with van der Waals surface area (Å²) in [7, 11) is 0. The molecule has 0 aliphatic carbocycles. The van der Waals surface area contributed by atoms with Gasteiger partial charge in [0.2, 0.25) is 0 Å². The molecule has 96 valence electrons. The van der Waals surface area contributed by atoms with Crippen molar-refractivity contribution in [2.75, 3.05) is 0 Å². The van der Waals surface area contributed by atoms with E-state index in [0.717, 1.165) is 0 Å². The summed E-state index contributed by atoms with van der Waals surface area (Å²) < 4.78 is 5.07. The molecular formula is C15H11O4-. The van der Waals surface area contributed by atoms with Crippen molar-refractivity contribution in [3.63, 3.8) is 0 Å². The normalized spacial score (nSPS) is 9.89. The Morgan fingerprint density at radius 1 is 0.947 bits per heavy atom. The lowest BCUT2D eigenvalue weighted by Gasteiger charge is -2.10. The molecule has 0 saturated carbocycles. The second kappa shape index (κ2) is 5.82. The molecule has 2 aromatic rings. The Morgan fingerprint density at radius 2 is 1.58 bits per heavy atom. The van der Waals surface area contributed by atoms with Gasteiger partial charge in [0.25, 0.3) is 0 Å². The summed E-state index contributed by atoms with van der Waals surface area (Å²) in [5, 5.41) is 10.9. The lowest BCUT2D eigenvalue weighted by Crippen LogP contribution is -2.24. The molecule has 0 fully saturated rings. The second-order valence-electron chi connectivity index (χ2n) is 3.89. The fourth-order valence-electron chi connectivity index (χ4n) is 1.65. The Hall–Kier alpha value is -2.62. The number of hydrogen-bond acceptors (Lipinski definition) is 4. The third kappa shape index (κ3) is 3.19. The number of esters is 1. The van der Waals surface area contributed by atoms with Crippen LogP contribution in [0.5, 0.6) is 0 Å². The largest absolute Gasteiger partial charge is 0.545 e. The minimum Gasteiger partial charge on any atom is -0.545 e. The van der Waals surface area contributed by atoms with Crippen LogP contribution in [0.3, 0.4) is 0 Å². The lowest BCUT2D eigenvalue weighted by molar-refractivity contribution is -0.255. The highest BCUT2D eigenvalue weighted by Gasteiger charge is 2.08. The number of ether oxygens (including phenoxy) is 1. The SMILES string of the molecule is O=C(OCc1ccccc1C(=O)[O-])c1ccccc1. The second-order valence-corrected chi connectivity index (χ2v) is 3.89. The first-order valence-corrected chi connectivity index (χ1v) is 5.70. The molecule has 0 saturated heterocycles. The summed E-state index contributed by atoms with van der Waals surface area (Å²) in [6.45, 7) is -0.0993. The van der Waals surface area contributed by atoms with Crippen molar-refractivity contribution >= 4 is 11.9 Å². The quantitative estimate of drug-likeness (QED) is 0.775. The first-order valence-electron chi connectivity index (χ1n) is 5.70. The first kappa shape index (κ1) is 12.8. The summed E-state index contributed by atoms with van der Waals surface area (Å²) in [5.41, 5.74) is 0.864. The van der Waals surface area contributed by atoms with Crippen molar-refractivity contribution in [2.24, 2.45) is 0 Å². The van der Waals surface area contributed by atoms with Gasteiger partial charge in [0.1, 0.15) is 6.61 Å². The predicted octanol–water partition coefficient (Wildman–Crippen LogP) is 1.41. The maximum absolute atomic E-state index is 11.7. The number of aromatic carboxylic acids is 1. The van der Waals surface area contributed by atoms with Crippen LogP contribution in [0.1, 0.15) is 26.3 Å². The van der Waals surface area contributed by atoms with Crippen LogP contribution in [-0.2, 0) is 11.3 Å². The van der Waals surface area contributed by atoms with E-state index >= 15 is 0 Å². The standard InChI is InChI=1S/C15H12O4/c16-14(17)13-9-5-4-8-12(13)10-19-15(18)11-6-2-1-3-7-11/h1-9H,10H2,(H,16,17)/p-1. The zero-order valence-corrected chi connectivity index (χ0v) is 10.0. The molecule has 0 spiro atoms. The van der Waals surface area contributed by atoms with E-state index in [2.05, 4.69) is 0 Å². The Balaban J connectivity index is 2.07. The Labute approximate surface area is 110 Å². The van der Waals surface area contributed by atoms with Gasteiger partial charge in [0, 0.05) is 5.56 Å². The molecule has 0 amide bonds. The number of carboxylic acids is 1. The van der Waals surface area contributed by atoms with Gasteiger partial charge in [-0.15, -0.1) is 0 Å². The van der Waals surface area contributed by atoms with Crippen molar-refractivity contribution in [1.29, 1.82) is 0 Å². The molecule has 4 nitrogen and oxygen atoms in total. The van der Waals surface area contributed by atoms with Gasteiger partial charge < -0.3 is 14.6 Å². The number of hydrogen-bond donors (Lipinski definition) is 0. The molecule has 0 heterocycles. The van der Waals surface area contributed by atoms with Crippen LogP contribution in [0.15, 0.2) is 54.6 Å². The minimum absolute atomic E-state index is 0.0309. The number of carboxylic acid groups (broad SMARTS) is 1. The molecule has 0 unspecified atom stereocenters. The van der Waals surface area contributed by atoms with Gasteiger partial charge in [-0.1, -0.05) is 42.5 Å². The first-order chi connectivity index (χ1) is 9.18. The van der Waals surface area contributed by atoms with E-state index in [0.29, 0.717) is 11.1 Å². The van der Waals surface area contributed by atoms with Crippen molar-refractivity contribution in [3.05, 3.63) is 71.3 Å². The Morgan fingerprint density at radius 3 is 2.26 bits per heavy atom. The predicted molar refractivity (Wildman–Crippen MR) is 66.3 cm³/mol. The summed E-state index contributed by atoms with van der Waals surface area (Å²) >= 11 is 0. The zero-order valence-electron chi connectivity index (χ0n) is 10.0. The van der Waals surface area contributed by atoms with E-state index in [-0.39, 0.29) is 12.2 Å². The number of benzene rings is 2. The highest BCUT2D eigenvalue weighted by atomic mass is 16.5. The average Bonchev–Trinajstić information content (AvgIpc) is 2.46. The van der Waals surface area contributed by atoms with E-state index < -0.39 is 11.9 Å². The maximum atomic E-state index is 11.7. The molecule has 0 aromatic heterocycles. The average molecular weight is 255 g/mol. The van der Waals surface area contributed by atoms with Gasteiger partial charge in [-0.25, -0.2) is 4.79 Å².